The smallest absolute Gasteiger partial charge is 0.337 e. The molecule has 1 aromatic carbocycles. The van der Waals surface area contributed by atoms with Gasteiger partial charge in [0.05, 0.1) is 24.0 Å². The van der Waals surface area contributed by atoms with E-state index in [9.17, 15) is 13.6 Å². The van der Waals surface area contributed by atoms with Crippen molar-refractivity contribution < 1.29 is 18.3 Å². The van der Waals surface area contributed by atoms with E-state index >= 15 is 0 Å². The van der Waals surface area contributed by atoms with Crippen LogP contribution < -0.4 is 10.6 Å². The largest absolute Gasteiger partial charge is 0.465 e. The van der Waals surface area contributed by atoms with Crippen molar-refractivity contribution in [3.05, 3.63) is 23.8 Å². The van der Waals surface area contributed by atoms with E-state index in [0.29, 0.717) is 16.9 Å². The lowest BCUT2D eigenvalue weighted by molar-refractivity contribution is -0.0220. The number of rotatable bonds is 2. The summed E-state index contributed by atoms with van der Waals surface area (Å²) in [5.74, 6) is -3.07. The van der Waals surface area contributed by atoms with E-state index in [1.54, 1.807) is 23.1 Å². The molecule has 2 N–H and O–H groups in total. The van der Waals surface area contributed by atoms with Crippen LogP contribution in [0.5, 0.6) is 0 Å². The van der Waals surface area contributed by atoms with E-state index in [0.717, 1.165) is 0 Å². The second kappa shape index (κ2) is 5.03. The summed E-state index contributed by atoms with van der Waals surface area (Å²) in [6.45, 7) is 0.448. The fourth-order valence-electron chi connectivity index (χ4n) is 2.14. The summed E-state index contributed by atoms with van der Waals surface area (Å²) in [5.41, 5.74) is 7.29. The van der Waals surface area contributed by atoms with Gasteiger partial charge in [0.15, 0.2) is 0 Å². The monoisotopic (exact) mass is 270 g/mol. The molecule has 2 rings (SSSR count). The number of nitrogen functional groups attached to an aromatic ring is 1. The quantitative estimate of drug-likeness (QED) is 0.661. The zero-order chi connectivity index (χ0) is 14.0. The van der Waals surface area contributed by atoms with Gasteiger partial charge in [0.25, 0.3) is 5.92 Å². The minimum Gasteiger partial charge on any atom is -0.465 e. The summed E-state index contributed by atoms with van der Waals surface area (Å²) < 4.78 is 30.9. The third-order valence-corrected chi connectivity index (χ3v) is 3.29. The first-order valence-electron chi connectivity index (χ1n) is 6.03. The molecule has 0 radical (unpaired) electrons. The van der Waals surface area contributed by atoms with Gasteiger partial charge in [-0.3, -0.25) is 0 Å². The number of nitrogens with zero attached hydrogens (tertiary/aromatic N) is 1. The van der Waals surface area contributed by atoms with Gasteiger partial charge in [-0.05, 0) is 18.2 Å². The zero-order valence-electron chi connectivity index (χ0n) is 10.7. The predicted molar refractivity (Wildman–Crippen MR) is 68.6 cm³/mol. The molecule has 104 valence electrons. The molecule has 0 saturated carbocycles. The van der Waals surface area contributed by atoms with Gasteiger partial charge in [-0.15, -0.1) is 0 Å². The van der Waals surface area contributed by atoms with Crippen molar-refractivity contribution in [1.82, 2.24) is 0 Å². The summed E-state index contributed by atoms with van der Waals surface area (Å²) in [4.78, 5) is 13.2. The highest BCUT2D eigenvalue weighted by Gasteiger charge is 2.34. The number of esters is 1. The Labute approximate surface area is 110 Å². The predicted octanol–water partition coefficient (Wildman–Crippen LogP) is 2.29. The molecule has 1 fully saturated rings. The Morgan fingerprint density at radius 2 is 2.00 bits per heavy atom. The number of benzene rings is 1. The lowest BCUT2D eigenvalue weighted by Gasteiger charge is -2.34. The van der Waals surface area contributed by atoms with Crippen LogP contribution in [0.3, 0.4) is 0 Å². The molecule has 0 amide bonds. The molecule has 6 heteroatoms. The SMILES string of the molecule is COC(=O)c1ccc(N)c(N2CCC(F)(F)CC2)c1. The topological polar surface area (TPSA) is 55.6 Å². The molecule has 0 atom stereocenters. The molecule has 1 heterocycles. The van der Waals surface area contributed by atoms with Crippen LogP contribution in [-0.4, -0.2) is 32.1 Å². The zero-order valence-corrected chi connectivity index (χ0v) is 10.7. The summed E-state index contributed by atoms with van der Waals surface area (Å²) >= 11 is 0. The van der Waals surface area contributed by atoms with Gasteiger partial charge in [-0.1, -0.05) is 0 Å². The van der Waals surface area contributed by atoms with Crippen molar-refractivity contribution in [1.29, 1.82) is 0 Å². The Hall–Kier alpha value is -1.85. The maximum Gasteiger partial charge on any atom is 0.337 e. The van der Waals surface area contributed by atoms with E-state index in [1.165, 1.54) is 7.11 Å². The molecule has 0 spiro atoms. The van der Waals surface area contributed by atoms with Gasteiger partial charge >= 0.3 is 5.97 Å². The number of hydrogen-bond donors (Lipinski definition) is 1. The number of nitrogens with two attached hydrogens (primary N) is 1. The number of alkyl halides is 2. The first kappa shape index (κ1) is 13.6. The highest BCUT2D eigenvalue weighted by Crippen LogP contribution is 2.33. The Morgan fingerprint density at radius 3 is 2.58 bits per heavy atom. The van der Waals surface area contributed by atoms with Crippen LogP contribution in [-0.2, 0) is 4.74 Å². The van der Waals surface area contributed by atoms with Gasteiger partial charge in [0.1, 0.15) is 0 Å². The lowest BCUT2D eigenvalue weighted by atomic mass is 10.0. The summed E-state index contributed by atoms with van der Waals surface area (Å²) in [6.07, 6.45) is -0.399. The fourth-order valence-corrected chi connectivity index (χ4v) is 2.14. The van der Waals surface area contributed by atoms with Gasteiger partial charge < -0.3 is 15.4 Å². The van der Waals surface area contributed by atoms with Crippen molar-refractivity contribution in [2.75, 3.05) is 30.8 Å². The molecule has 1 saturated heterocycles. The summed E-state index contributed by atoms with van der Waals surface area (Å²) in [7, 11) is 1.29. The molecule has 19 heavy (non-hydrogen) atoms. The molecule has 1 aliphatic rings. The Kier molecular flexibility index (Phi) is 3.59. The maximum atomic E-state index is 13.1. The van der Waals surface area contributed by atoms with Crippen LogP contribution >= 0.6 is 0 Å². The van der Waals surface area contributed by atoms with Gasteiger partial charge in [0, 0.05) is 25.9 Å². The molecule has 0 aliphatic carbocycles. The average Bonchev–Trinajstić information content (AvgIpc) is 2.39. The van der Waals surface area contributed by atoms with E-state index < -0.39 is 11.9 Å². The second-order valence-electron chi connectivity index (χ2n) is 4.61. The highest BCUT2D eigenvalue weighted by atomic mass is 19.3. The van der Waals surface area contributed by atoms with Crippen LogP contribution in [0.2, 0.25) is 0 Å². The second-order valence-corrected chi connectivity index (χ2v) is 4.61. The van der Waals surface area contributed by atoms with Crippen LogP contribution in [0.1, 0.15) is 23.2 Å². The number of halogens is 2. The maximum absolute atomic E-state index is 13.1. The number of ether oxygens (including phenoxy) is 1. The lowest BCUT2D eigenvalue weighted by Crippen LogP contribution is -2.39. The molecule has 0 aromatic heterocycles. The van der Waals surface area contributed by atoms with Crippen LogP contribution in [0.4, 0.5) is 20.2 Å². The van der Waals surface area contributed by atoms with Gasteiger partial charge in [-0.25, -0.2) is 13.6 Å². The van der Waals surface area contributed by atoms with E-state index in [4.69, 9.17) is 5.73 Å². The number of anilines is 2. The Bertz CT molecular complexity index is 482. The Balaban J connectivity index is 2.22. The Morgan fingerprint density at radius 1 is 1.37 bits per heavy atom. The summed E-state index contributed by atoms with van der Waals surface area (Å²) in [6, 6.07) is 4.74. The molecule has 0 bridgehead atoms. The fraction of sp³-hybridized carbons (Fsp3) is 0.462. The molecular formula is C13H16F2N2O2. The highest BCUT2D eigenvalue weighted by molar-refractivity contribution is 5.92. The van der Waals surface area contributed by atoms with E-state index in [1.807, 2.05) is 0 Å². The van der Waals surface area contributed by atoms with E-state index in [2.05, 4.69) is 4.74 Å². The minimum atomic E-state index is -2.61. The summed E-state index contributed by atoms with van der Waals surface area (Å²) in [5, 5.41) is 0. The standard InChI is InChI=1S/C13H16F2N2O2/c1-19-12(18)9-2-3-10(16)11(8-9)17-6-4-13(14,15)5-7-17/h2-3,8H,4-7,16H2,1H3. The van der Waals surface area contributed by atoms with Crippen molar-refractivity contribution in [3.8, 4) is 0 Å². The van der Waals surface area contributed by atoms with Gasteiger partial charge in [0.2, 0.25) is 0 Å². The molecule has 4 nitrogen and oxygen atoms in total. The van der Waals surface area contributed by atoms with Crippen molar-refractivity contribution >= 4 is 17.3 Å². The van der Waals surface area contributed by atoms with Crippen LogP contribution in [0.25, 0.3) is 0 Å². The molecule has 1 aliphatic heterocycles. The number of carbonyl (C=O) groups is 1. The van der Waals surface area contributed by atoms with Crippen molar-refractivity contribution in [2.45, 2.75) is 18.8 Å². The van der Waals surface area contributed by atoms with Crippen LogP contribution in [0, 0.1) is 0 Å². The van der Waals surface area contributed by atoms with Crippen molar-refractivity contribution in [3.63, 3.8) is 0 Å². The van der Waals surface area contributed by atoms with Crippen molar-refractivity contribution in [2.24, 2.45) is 0 Å². The van der Waals surface area contributed by atoms with Crippen LogP contribution in [0.15, 0.2) is 18.2 Å². The first-order valence-corrected chi connectivity index (χ1v) is 6.03. The first-order chi connectivity index (χ1) is 8.93. The minimum absolute atomic E-state index is 0.200. The normalized spacial score (nSPS) is 18.2. The third kappa shape index (κ3) is 2.94. The molecular weight excluding hydrogens is 254 g/mol. The number of hydrogen-bond acceptors (Lipinski definition) is 4. The van der Waals surface area contributed by atoms with Gasteiger partial charge in [-0.2, -0.15) is 0 Å². The van der Waals surface area contributed by atoms with E-state index in [-0.39, 0.29) is 25.9 Å². The number of piperidine rings is 1. The molecule has 0 unspecified atom stereocenters. The molecule has 1 aromatic rings. The average molecular weight is 270 g/mol. The third-order valence-electron chi connectivity index (χ3n) is 3.29. The number of carbonyl (C=O) groups excluding carboxylic acids is 1. The number of methoxy groups -OCH3 is 1.